The number of para-hydroxylation sites is 1. The van der Waals surface area contributed by atoms with Gasteiger partial charge in [-0.15, -0.1) is 11.3 Å². The van der Waals surface area contributed by atoms with Gasteiger partial charge in [0.2, 0.25) is 0 Å². The summed E-state index contributed by atoms with van der Waals surface area (Å²) in [6.45, 7) is 4.58. The molecule has 1 amide bonds. The number of aryl methyl sites for hydroxylation is 1. The van der Waals surface area contributed by atoms with E-state index in [9.17, 15) is 4.79 Å². The molecule has 0 saturated carbocycles. The van der Waals surface area contributed by atoms with Crippen molar-refractivity contribution in [1.29, 1.82) is 0 Å². The fourth-order valence-corrected chi connectivity index (χ4v) is 3.29. The smallest absolute Gasteiger partial charge is 0.253 e. The Morgan fingerprint density at radius 2 is 1.91 bits per heavy atom. The highest BCUT2D eigenvalue weighted by Gasteiger charge is 2.16. The Bertz CT molecular complexity index is 773. The second-order valence-corrected chi connectivity index (χ2v) is 6.25. The third kappa shape index (κ3) is 2.83. The number of thiophene rings is 1. The quantitative estimate of drug-likeness (QED) is 0.774. The van der Waals surface area contributed by atoms with E-state index in [-0.39, 0.29) is 5.91 Å². The number of aromatic nitrogens is 1. The van der Waals surface area contributed by atoms with Gasteiger partial charge >= 0.3 is 0 Å². The number of benzene rings is 1. The van der Waals surface area contributed by atoms with Gasteiger partial charge in [0.1, 0.15) is 0 Å². The standard InChI is InChI=1S/C18H18N2OS/c1-13-11-17(18(21)19-12-16-9-6-10-22-16)14(2)20(13)15-7-4-3-5-8-15/h3-11H,12H2,1-2H3,(H,19,21). The molecule has 3 rings (SSSR count). The molecule has 1 N–H and O–H groups in total. The molecule has 112 valence electrons. The largest absolute Gasteiger partial charge is 0.347 e. The number of amides is 1. The van der Waals surface area contributed by atoms with Crippen molar-refractivity contribution in [1.82, 2.24) is 9.88 Å². The molecule has 0 aliphatic heterocycles. The minimum absolute atomic E-state index is 0.0244. The maximum atomic E-state index is 12.4. The molecule has 0 aliphatic rings. The maximum Gasteiger partial charge on any atom is 0.253 e. The van der Waals surface area contributed by atoms with E-state index in [1.165, 1.54) is 0 Å². The molecule has 0 atom stereocenters. The third-order valence-corrected chi connectivity index (χ3v) is 4.57. The normalized spacial score (nSPS) is 10.6. The van der Waals surface area contributed by atoms with E-state index in [1.54, 1.807) is 11.3 Å². The number of hydrogen-bond acceptors (Lipinski definition) is 2. The van der Waals surface area contributed by atoms with Crippen LogP contribution in [0.2, 0.25) is 0 Å². The molecule has 0 unspecified atom stereocenters. The van der Waals surface area contributed by atoms with Gasteiger partial charge in [-0.05, 0) is 43.5 Å². The predicted octanol–water partition coefficient (Wildman–Crippen LogP) is 4.09. The summed E-state index contributed by atoms with van der Waals surface area (Å²) in [5, 5.41) is 5.01. The van der Waals surface area contributed by atoms with Gasteiger partial charge in [0.25, 0.3) is 5.91 Å². The van der Waals surface area contributed by atoms with Crippen LogP contribution >= 0.6 is 11.3 Å². The lowest BCUT2D eigenvalue weighted by Gasteiger charge is -2.09. The maximum absolute atomic E-state index is 12.4. The summed E-state index contributed by atoms with van der Waals surface area (Å²) in [6, 6.07) is 16.1. The van der Waals surface area contributed by atoms with Crippen molar-refractivity contribution in [3.63, 3.8) is 0 Å². The molecule has 22 heavy (non-hydrogen) atoms. The molecule has 2 heterocycles. The Morgan fingerprint density at radius 3 is 2.59 bits per heavy atom. The fraction of sp³-hybridized carbons (Fsp3) is 0.167. The first-order valence-electron chi connectivity index (χ1n) is 7.22. The first-order chi connectivity index (χ1) is 10.7. The summed E-state index contributed by atoms with van der Waals surface area (Å²) in [6.07, 6.45) is 0. The molecule has 3 aromatic rings. The predicted molar refractivity (Wildman–Crippen MR) is 90.7 cm³/mol. The van der Waals surface area contributed by atoms with Crippen molar-refractivity contribution in [3.05, 3.63) is 75.7 Å². The summed E-state index contributed by atoms with van der Waals surface area (Å²) in [5.41, 5.74) is 3.84. The second kappa shape index (κ2) is 6.20. The Hall–Kier alpha value is -2.33. The monoisotopic (exact) mass is 310 g/mol. The van der Waals surface area contributed by atoms with Gasteiger partial charge in [-0.25, -0.2) is 0 Å². The van der Waals surface area contributed by atoms with Crippen molar-refractivity contribution < 1.29 is 4.79 Å². The van der Waals surface area contributed by atoms with E-state index in [0.717, 1.165) is 27.5 Å². The first kappa shape index (κ1) is 14.6. The average molecular weight is 310 g/mol. The van der Waals surface area contributed by atoms with Gasteiger partial charge in [-0.3, -0.25) is 4.79 Å². The number of hydrogen-bond donors (Lipinski definition) is 1. The summed E-state index contributed by atoms with van der Waals surface area (Å²) in [7, 11) is 0. The van der Waals surface area contributed by atoms with Gasteiger partial charge < -0.3 is 9.88 Å². The Labute approximate surface area is 134 Å². The molecular formula is C18H18N2OS. The molecule has 0 saturated heterocycles. The zero-order chi connectivity index (χ0) is 15.5. The van der Waals surface area contributed by atoms with E-state index in [4.69, 9.17) is 0 Å². The van der Waals surface area contributed by atoms with E-state index >= 15 is 0 Å². The number of rotatable bonds is 4. The van der Waals surface area contributed by atoms with Crippen molar-refractivity contribution in [3.8, 4) is 5.69 Å². The lowest BCUT2D eigenvalue weighted by atomic mass is 10.2. The first-order valence-corrected chi connectivity index (χ1v) is 8.09. The fourth-order valence-electron chi connectivity index (χ4n) is 2.64. The molecule has 0 bridgehead atoms. The molecule has 4 heteroatoms. The van der Waals surface area contributed by atoms with Crippen LogP contribution in [-0.2, 0) is 6.54 Å². The van der Waals surface area contributed by atoms with Gasteiger partial charge in [0.15, 0.2) is 0 Å². The van der Waals surface area contributed by atoms with Gasteiger partial charge in [0, 0.05) is 22.0 Å². The number of carbonyl (C=O) groups excluding carboxylic acids is 1. The van der Waals surface area contributed by atoms with Crippen LogP contribution in [0.5, 0.6) is 0 Å². The Morgan fingerprint density at radius 1 is 1.14 bits per heavy atom. The lowest BCUT2D eigenvalue weighted by Crippen LogP contribution is -2.22. The Balaban J connectivity index is 1.84. The van der Waals surface area contributed by atoms with Crippen LogP contribution < -0.4 is 5.32 Å². The Kier molecular flexibility index (Phi) is 4.11. The second-order valence-electron chi connectivity index (χ2n) is 5.22. The van der Waals surface area contributed by atoms with Crippen LogP contribution in [-0.4, -0.2) is 10.5 Å². The average Bonchev–Trinajstić information content (AvgIpc) is 3.14. The minimum Gasteiger partial charge on any atom is -0.347 e. The molecule has 0 spiro atoms. The van der Waals surface area contributed by atoms with Crippen LogP contribution in [0.4, 0.5) is 0 Å². The van der Waals surface area contributed by atoms with Crippen LogP contribution in [0.25, 0.3) is 5.69 Å². The molecule has 0 fully saturated rings. The zero-order valence-corrected chi connectivity index (χ0v) is 13.5. The highest BCUT2D eigenvalue weighted by molar-refractivity contribution is 7.09. The third-order valence-electron chi connectivity index (χ3n) is 3.69. The minimum atomic E-state index is -0.0244. The summed E-state index contributed by atoms with van der Waals surface area (Å²) in [4.78, 5) is 13.6. The van der Waals surface area contributed by atoms with E-state index in [1.807, 2.05) is 67.8 Å². The molecule has 0 radical (unpaired) electrons. The van der Waals surface area contributed by atoms with Crippen LogP contribution in [0.15, 0.2) is 53.9 Å². The van der Waals surface area contributed by atoms with Crippen LogP contribution in [0.3, 0.4) is 0 Å². The highest BCUT2D eigenvalue weighted by atomic mass is 32.1. The highest BCUT2D eigenvalue weighted by Crippen LogP contribution is 2.20. The molecular weight excluding hydrogens is 292 g/mol. The topological polar surface area (TPSA) is 34.0 Å². The molecule has 2 aromatic heterocycles. The van der Waals surface area contributed by atoms with Crippen LogP contribution in [0, 0.1) is 13.8 Å². The zero-order valence-electron chi connectivity index (χ0n) is 12.7. The number of nitrogens with zero attached hydrogens (tertiary/aromatic N) is 1. The van der Waals surface area contributed by atoms with E-state index in [0.29, 0.717) is 6.54 Å². The van der Waals surface area contributed by atoms with Gasteiger partial charge in [-0.2, -0.15) is 0 Å². The summed E-state index contributed by atoms with van der Waals surface area (Å²) in [5.74, 6) is -0.0244. The molecule has 1 aromatic carbocycles. The van der Waals surface area contributed by atoms with Gasteiger partial charge in [0.05, 0.1) is 12.1 Å². The summed E-state index contributed by atoms with van der Waals surface area (Å²) < 4.78 is 2.11. The van der Waals surface area contributed by atoms with Crippen molar-refractivity contribution in [2.45, 2.75) is 20.4 Å². The SMILES string of the molecule is Cc1cc(C(=O)NCc2cccs2)c(C)n1-c1ccccc1. The number of nitrogens with one attached hydrogen (secondary N) is 1. The van der Waals surface area contributed by atoms with Gasteiger partial charge in [-0.1, -0.05) is 24.3 Å². The van der Waals surface area contributed by atoms with Crippen LogP contribution in [0.1, 0.15) is 26.6 Å². The molecule has 0 aliphatic carbocycles. The number of carbonyl (C=O) groups is 1. The van der Waals surface area contributed by atoms with E-state index in [2.05, 4.69) is 9.88 Å². The van der Waals surface area contributed by atoms with E-state index < -0.39 is 0 Å². The molecule has 3 nitrogen and oxygen atoms in total. The van der Waals surface area contributed by atoms with Crippen molar-refractivity contribution in [2.75, 3.05) is 0 Å². The van der Waals surface area contributed by atoms with Crippen molar-refractivity contribution >= 4 is 17.2 Å². The van der Waals surface area contributed by atoms with Crippen molar-refractivity contribution in [2.24, 2.45) is 0 Å². The lowest BCUT2D eigenvalue weighted by molar-refractivity contribution is 0.0950. The summed E-state index contributed by atoms with van der Waals surface area (Å²) >= 11 is 1.65.